The molecule has 198 valence electrons. The molecule has 7 nitrogen and oxygen atoms in total. The van der Waals surface area contributed by atoms with Gasteiger partial charge in [-0.15, -0.1) is 11.3 Å². The van der Waals surface area contributed by atoms with Gasteiger partial charge in [0.05, 0.1) is 17.1 Å². The van der Waals surface area contributed by atoms with E-state index in [9.17, 15) is 36.9 Å². The number of ether oxygens (including phenoxy) is 1. The number of anilines is 1. The van der Waals surface area contributed by atoms with Gasteiger partial charge in [0.2, 0.25) is 6.29 Å². The molecule has 3 aromatic rings. The van der Waals surface area contributed by atoms with E-state index in [1.807, 2.05) is 0 Å². The van der Waals surface area contributed by atoms with Crippen LogP contribution in [0.3, 0.4) is 0 Å². The third-order valence-electron chi connectivity index (χ3n) is 4.89. The third kappa shape index (κ3) is 7.56. The van der Waals surface area contributed by atoms with Crippen molar-refractivity contribution in [1.82, 2.24) is 0 Å². The van der Waals surface area contributed by atoms with Crippen LogP contribution in [-0.4, -0.2) is 37.0 Å². The molecule has 13 heteroatoms. The lowest BCUT2D eigenvalue weighted by Gasteiger charge is -2.20. The monoisotopic (exact) mass is 544 g/mol. The van der Waals surface area contributed by atoms with E-state index in [-0.39, 0.29) is 24.4 Å². The largest absolute Gasteiger partial charge is 0.462 e. The molecule has 0 fully saturated rings. The Bertz CT molecular complexity index is 1260. The van der Waals surface area contributed by atoms with Crippen molar-refractivity contribution in [3.63, 3.8) is 0 Å². The van der Waals surface area contributed by atoms with Gasteiger partial charge in [-0.1, -0.05) is 6.07 Å². The highest BCUT2D eigenvalue weighted by molar-refractivity contribution is 7.20. The highest BCUT2D eigenvalue weighted by atomic mass is 32.1. The molecule has 0 saturated carbocycles. The lowest BCUT2D eigenvalue weighted by atomic mass is 10.1. The van der Waals surface area contributed by atoms with Crippen molar-refractivity contribution in [2.75, 3.05) is 18.6 Å². The number of non-ortho nitro benzene ring substituents is 1. The van der Waals surface area contributed by atoms with E-state index >= 15 is 0 Å². The maximum Gasteiger partial charge on any atom is 0.446 e. The van der Waals surface area contributed by atoms with Crippen molar-refractivity contribution in [3.8, 4) is 10.4 Å². The molecule has 0 aliphatic rings. The molecule has 0 unspecified atom stereocenters. The van der Waals surface area contributed by atoms with Crippen LogP contribution in [0.4, 0.5) is 32.6 Å². The molecule has 1 heterocycles. The van der Waals surface area contributed by atoms with Crippen molar-refractivity contribution < 1.29 is 41.2 Å². The molecular weight excluding hydrogens is 523 g/mol. The molecule has 0 aliphatic heterocycles. The molecule has 1 aromatic heterocycles. The van der Waals surface area contributed by atoms with Gasteiger partial charge in [-0.25, -0.2) is 13.6 Å². The van der Waals surface area contributed by atoms with E-state index < -0.39 is 35.0 Å². The molecule has 37 heavy (non-hydrogen) atoms. The SMILES string of the molecule is CCOC(=O)c1c(N(C)Cc2c(F)cccc2F)sc(-c2ccc([N+](=O)[O-])cc2)c1C.O=CC(F)(F)F. The first kappa shape index (κ1) is 29.4. The van der Waals surface area contributed by atoms with Crippen LogP contribution in [0.15, 0.2) is 42.5 Å². The molecule has 2 aromatic carbocycles. The Morgan fingerprint density at radius 2 is 1.68 bits per heavy atom. The summed E-state index contributed by atoms with van der Waals surface area (Å²) in [5, 5.41) is 11.4. The predicted molar refractivity (Wildman–Crippen MR) is 128 cm³/mol. The summed E-state index contributed by atoms with van der Waals surface area (Å²) < 4.78 is 64.7. The van der Waals surface area contributed by atoms with Crippen LogP contribution >= 0.6 is 11.3 Å². The van der Waals surface area contributed by atoms with E-state index in [1.54, 1.807) is 37.9 Å². The van der Waals surface area contributed by atoms with Crippen LogP contribution in [0.5, 0.6) is 0 Å². The van der Waals surface area contributed by atoms with Gasteiger partial charge in [0, 0.05) is 36.2 Å². The first-order chi connectivity index (χ1) is 17.3. The van der Waals surface area contributed by atoms with Crippen molar-refractivity contribution in [3.05, 3.63) is 80.9 Å². The van der Waals surface area contributed by atoms with Crippen LogP contribution in [0, 0.1) is 28.7 Å². The fourth-order valence-electron chi connectivity index (χ4n) is 3.21. The van der Waals surface area contributed by atoms with Crippen molar-refractivity contribution >= 4 is 34.3 Å². The average molecular weight is 544 g/mol. The minimum atomic E-state index is -4.64. The van der Waals surface area contributed by atoms with E-state index in [1.165, 1.54) is 41.7 Å². The second-order valence-corrected chi connectivity index (χ2v) is 8.48. The van der Waals surface area contributed by atoms with Gasteiger partial charge in [-0.2, -0.15) is 13.2 Å². The highest BCUT2D eigenvalue weighted by Crippen LogP contribution is 2.42. The number of hydrogen-bond acceptors (Lipinski definition) is 7. The number of aldehydes is 1. The first-order valence-corrected chi connectivity index (χ1v) is 11.3. The van der Waals surface area contributed by atoms with Crippen LogP contribution in [0.25, 0.3) is 10.4 Å². The molecule has 0 N–H and O–H groups in total. The van der Waals surface area contributed by atoms with Crippen molar-refractivity contribution in [2.24, 2.45) is 0 Å². The molecule has 0 amide bonds. The summed E-state index contributed by atoms with van der Waals surface area (Å²) >= 11 is 1.26. The number of carbonyl (C=O) groups excluding carboxylic acids is 2. The number of benzene rings is 2. The van der Waals surface area contributed by atoms with Crippen LogP contribution in [-0.2, 0) is 16.1 Å². The zero-order chi connectivity index (χ0) is 27.9. The van der Waals surface area contributed by atoms with E-state index in [0.29, 0.717) is 26.6 Å². The Labute approximate surface area is 212 Å². The Kier molecular flexibility index (Phi) is 9.83. The van der Waals surface area contributed by atoms with Gasteiger partial charge in [0.25, 0.3) is 5.69 Å². The quantitative estimate of drug-likeness (QED) is 0.111. The second kappa shape index (κ2) is 12.4. The number of rotatable bonds is 7. The molecule has 0 bridgehead atoms. The van der Waals surface area contributed by atoms with Crippen LogP contribution < -0.4 is 4.90 Å². The fraction of sp³-hybridized carbons (Fsp3) is 0.250. The summed E-state index contributed by atoms with van der Waals surface area (Å²) in [6.45, 7) is 3.52. The molecule has 0 atom stereocenters. The number of esters is 1. The van der Waals surface area contributed by atoms with Crippen LogP contribution in [0.1, 0.15) is 28.4 Å². The lowest BCUT2D eigenvalue weighted by molar-refractivity contribution is -0.384. The minimum absolute atomic E-state index is 0.0454. The summed E-state index contributed by atoms with van der Waals surface area (Å²) in [6.07, 6.45) is -5.70. The number of alkyl halides is 3. The van der Waals surface area contributed by atoms with Crippen LogP contribution in [0.2, 0.25) is 0 Å². The summed E-state index contributed by atoms with van der Waals surface area (Å²) in [4.78, 5) is 34.1. The number of carbonyl (C=O) groups is 2. The standard InChI is InChI=1S/C22H20F2N2O4S.C2HF3O/c1-4-30-22(27)19-13(2)20(14-8-10-15(11-9-14)26(28)29)31-21(19)25(3)12-16-17(23)6-5-7-18(16)24;3-2(4,5)1-6/h5-11H,4,12H2,1-3H3;1H. The number of nitro benzene ring substituents is 1. The highest BCUT2D eigenvalue weighted by Gasteiger charge is 2.27. The lowest BCUT2D eigenvalue weighted by Crippen LogP contribution is -2.20. The van der Waals surface area contributed by atoms with Gasteiger partial charge in [0.1, 0.15) is 16.6 Å². The number of halogens is 5. The summed E-state index contributed by atoms with van der Waals surface area (Å²) in [6, 6.07) is 9.63. The third-order valence-corrected chi connectivity index (χ3v) is 6.34. The summed E-state index contributed by atoms with van der Waals surface area (Å²) in [5.74, 6) is -1.89. The number of thiophene rings is 1. The van der Waals surface area contributed by atoms with Gasteiger partial charge < -0.3 is 9.64 Å². The average Bonchev–Trinajstić information content (AvgIpc) is 3.19. The zero-order valence-electron chi connectivity index (χ0n) is 19.8. The molecule has 0 spiro atoms. The molecule has 0 saturated heterocycles. The predicted octanol–water partition coefficient (Wildman–Crippen LogP) is 6.47. The van der Waals surface area contributed by atoms with Gasteiger partial charge >= 0.3 is 12.1 Å². The van der Waals surface area contributed by atoms with Crippen molar-refractivity contribution in [1.29, 1.82) is 0 Å². The number of nitro groups is 1. The minimum Gasteiger partial charge on any atom is -0.462 e. The normalized spacial score (nSPS) is 10.8. The van der Waals surface area contributed by atoms with Crippen molar-refractivity contribution in [2.45, 2.75) is 26.6 Å². The van der Waals surface area contributed by atoms with E-state index in [4.69, 9.17) is 9.53 Å². The second-order valence-electron chi connectivity index (χ2n) is 7.48. The fourth-order valence-corrected chi connectivity index (χ4v) is 4.47. The van der Waals surface area contributed by atoms with E-state index in [0.717, 1.165) is 0 Å². The van der Waals surface area contributed by atoms with Gasteiger partial charge in [0.15, 0.2) is 0 Å². The number of nitrogens with zero attached hydrogens (tertiary/aromatic N) is 2. The smallest absolute Gasteiger partial charge is 0.446 e. The Balaban J connectivity index is 0.000000717. The molecule has 0 radical (unpaired) electrons. The Morgan fingerprint density at radius 3 is 2.14 bits per heavy atom. The first-order valence-electron chi connectivity index (χ1n) is 10.5. The molecular formula is C24H21F5N2O5S. The Morgan fingerprint density at radius 1 is 1.14 bits per heavy atom. The topological polar surface area (TPSA) is 89.8 Å². The van der Waals surface area contributed by atoms with E-state index in [2.05, 4.69) is 0 Å². The Hall–Kier alpha value is -3.87. The zero-order valence-corrected chi connectivity index (χ0v) is 20.6. The van der Waals surface area contributed by atoms with Gasteiger partial charge in [-0.3, -0.25) is 14.9 Å². The maximum absolute atomic E-state index is 14.1. The van der Waals surface area contributed by atoms with Gasteiger partial charge in [-0.05, 0) is 49.2 Å². The maximum atomic E-state index is 14.1. The summed E-state index contributed by atoms with van der Waals surface area (Å²) in [7, 11) is 1.64. The number of hydrogen-bond donors (Lipinski definition) is 0. The molecule has 0 aliphatic carbocycles. The molecule has 3 rings (SSSR count). The summed E-state index contributed by atoms with van der Waals surface area (Å²) in [5.41, 5.74) is 1.47.